The third-order valence-corrected chi connectivity index (χ3v) is 3.23. The lowest BCUT2D eigenvalue weighted by molar-refractivity contribution is 0.451. The number of fused-ring (bicyclic) bond motifs is 1. The predicted octanol–water partition coefficient (Wildman–Crippen LogP) is 2.85. The van der Waals surface area contributed by atoms with E-state index in [1.54, 1.807) is 0 Å². The zero-order valence-electron chi connectivity index (χ0n) is 11.1. The van der Waals surface area contributed by atoms with Crippen molar-refractivity contribution in [2.24, 2.45) is 5.73 Å². The Hall–Kier alpha value is -1.35. The van der Waals surface area contributed by atoms with Crippen molar-refractivity contribution < 1.29 is 0 Å². The highest BCUT2D eigenvalue weighted by atomic mass is 15.1. The average molecular weight is 231 g/mol. The highest BCUT2D eigenvalue weighted by Gasteiger charge is 2.27. The maximum absolute atomic E-state index is 5.88. The van der Waals surface area contributed by atoms with Crippen LogP contribution in [-0.4, -0.2) is 16.1 Å². The van der Waals surface area contributed by atoms with Crippen LogP contribution in [0.4, 0.5) is 0 Å². The molecule has 0 fully saturated rings. The molecule has 0 aliphatic carbocycles. The van der Waals surface area contributed by atoms with Gasteiger partial charge in [-0.2, -0.15) is 0 Å². The van der Waals surface area contributed by atoms with Gasteiger partial charge in [-0.15, -0.1) is 0 Å². The molecule has 92 valence electrons. The van der Waals surface area contributed by atoms with Crippen LogP contribution in [0.15, 0.2) is 24.3 Å². The van der Waals surface area contributed by atoms with E-state index in [1.807, 2.05) is 6.07 Å². The predicted molar refractivity (Wildman–Crippen MR) is 72.2 cm³/mol. The molecule has 0 saturated heterocycles. The molecule has 0 aliphatic rings. The van der Waals surface area contributed by atoms with Crippen molar-refractivity contribution in [2.45, 2.75) is 39.2 Å². The summed E-state index contributed by atoms with van der Waals surface area (Å²) in [4.78, 5) is 4.76. The summed E-state index contributed by atoms with van der Waals surface area (Å²) in [6.07, 6.45) is 0. The van der Waals surface area contributed by atoms with E-state index in [4.69, 9.17) is 10.7 Å². The van der Waals surface area contributed by atoms with Gasteiger partial charge in [0.15, 0.2) is 0 Å². The number of imidazole rings is 1. The molecule has 1 aromatic carbocycles. The van der Waals surface area contributed by atoms with Crippen LogP contribution >= 0.6 is 0 Å². The van der Waals surface area contributed by atoms with Crippen molar-refractivity contribution in [1.29, 1.82) is 0 Å². The molecule has 2 rings (SSSR count). The smallest absolute Gasteiger partial charge is 0.117 e. The Morgan fingerprint density at radius 2 is 1.94 bits per heavy atom. The lowest BCUT2D eigenvalue weighted by Crippen LogP contribution is -2.32. The maximum atomic E-state index is 5.88. The van der Waals surface area contributed by atoms with Gasteiger partial charge in [-0.1, -0.05) is 26.0 Å². The van der Waals surface area contributed by atoms with Crippen LogP contribution in [0.25, 0.3) is 11.0 Å². The number of aromatic nitrogens is 2. The van der Waals surface area contributed by atoms with Crippen molar-refractivity contribution in [2.75, 3.05) is 6.54 Å². The maximum Gasteiger partial charge on any atom is 0.117 e. The van der Waals surface area contributed by atoms with Gasteiger partial charge in [-0.05, 0) is 26.0 Å². The number of para-hydroxylation sites is 2. The first-order chi connectivity index (χ1) is 7.97. The van der Waals surface area contributed by atoms with E-state index in [2.05, 4.69) is 50.5 Å². The second-order valence-electron chi connectivity index (χ2n) is 5.48. The Balaban J connectivity index is 2.75. The summed E-state index contributed by atoms with van der Waals surface area (Å²) < 4.78 is 2.29. The lowest BCUT2D eigenvalue weighted by atomic mass is 9.92. The van der Waals surface area contributed by atoms with Gasteiger partial charge in [-0.3, -0.25) is 0 Å². The van der Waals surface area contributed by atoms with E-state index in [9.17, 15) is 0 Å². The minimum absolute atomic E-state index is 0.0940. The SMILES string of the molecule is CC(C)n1c(C(C)(C)CN)nc2ccccc21. The van der Waals surface area contributed by atoms with Gasteiger partial charge < -0.3 is 10.3 Å². The first-order valence-corrected chi connectivity index (χ1v) is 6.15. The van der Waals surface area contributed by atoms with Crippen molar-refractivity contribution in [3.63, 3.8) is 0 Å². The van der Waals surface area contributed by atoms with Gasteiger partial charge in [0.05, 0.1) is 11.0 Å². The second kappa shape index (κ2) is 4.15. The fraction of sp³-hybridized carbons (Fsp3) is 0.500. The molecule has 2 aromatic rings. The van der Waals surface area contributed by atoms with Gasteiger partial charge in [0.2, 0.25) is 0 Å². The zero-order chi connectivity index (χ0) is 12.6. The number of rotatable bonds is 3. The number of hydrogen-bond acceptors (Lipinski definition) is 2. The summed E-state index contributed by atoms with van der Waals surface area (Å²) in [7, 11) is 0. The molecule has 3 heteroatoms. The zero-order valence-corrected chi connectivity index (χ0v) is 11.1. The van der Waals surface area contributed by atoms with E-state index in [1.165, 1.54) is 5.52 Å². The Labute approximate surface area is 103 Å². The number of nitrogens with zero attached hydrogens (tertiary/aromatic N) is 2. The summed E-state index contributed by atoms with van der Waals surface area (Å²) in [6.45, 7) is 9.26. The molecule has 0 saturated carbocycles. The topological polar surface area (TPSA) is 43.8 Å². The molecule has 1 heterocycles. The number of hydrogen-bond donors (Lipinski definition) is 1. The van der Waals surface area contributed by atoms with Gasteiger partial charge >= 0.3 is 0 Å². The molecule has 3 nitrogen and oxygen atoms in total. The number of benzene rings is 1. The number of nitrogens with two attached hydrogens (primary N) is 1. The highest BCUT2D eigenvalue weighted by Crippen LogP contribution is 2.28. The van der Waals surface area contributed by atoms with E-state index in [-0.39, 0.29) is 5.41 Å². The average Bonchev–Trinajstić information content (AvgIpc) is 2.68. The summed E-state index contributed by atoms with van der Waals surface area (Å²) in [6, 6.07) is 8.66. The molecule has 0 bridgehead atoms. The first kappa shape index (κ1) is 12.1. The molecule has 0 unspecified atom stereocenters. The fourth-order valence-electron chi connectivity index (χ4n) is 2.14. The fourth-order valence-corrected chi connectivity index (χ4v) is 2.14. The molecule has 0 atom stereocenters. The quantitative estimate of drug-likeness (QED) is 0.882. The van der Waals surface area contributed by atoms with Crippen LogP contribution in [0.2, 0.25) is 0 Å². The molecular weight excluding hydrogens is 210 g/mol. The van der Waals surface area contributed by atoms with Gasteiger partial charge in [0, 0.05) is 18.0 Å². The first-order valence-electron chi connectivity index (χ1n) is 6.15. The second-order valence-corrected chi connectivity index (χ2v) is 5.48. The summed E-state index contributed by atoms with van der Waals surface area (Å²) in [5.74, 6) is 1.08. The van der Waals surface area contributed by atoms with E-state index in [0.29, 0.717) is 12.6 Å². The normalized spacial score (nSPS) is 12.6. The molecule has 2 N–H and O–H groups in total. The third kappa shape index (κ3) is 1.95. The van der Waals surface area contributed by atoms with Crippen LogP contribution in [0.3, 0.4) is 0 Å². The molecule has 17 heavy (non-hydrogen) atoms. The Morgan fingerprint density at radius 1 is 1.29 bits per heavy atom. The molecule has 1 aromatic heterocycles. The van der Waals surface area contributed by atoms with Crippen molar-refractivity contribution >= 4 is 11.0 Å². The van der Waals surface area contributed by atoms with Gasteiger partial charge in [0.25, 0.3) is 0 Å². The molecule has 0 spiro atoms. The Bertz CT molecular complexity index is 523. The van der Waals surface area contributed by atoms with Crippen molar-refractivity contribution in [1.82, 2.24) is 9.55 Å². The van der Waals surface area contributed by atoms with E-state index in [0.717, 1.165) is 11.3 Å². The van der Waals surface area contributed by atoms with Gasteiger partial charge in [0.1, 0.15) is 5.82 Å². The largest absolute Gasteiger partial charge is 0.329 e. The van der Waals surface area contributed by atoms with Crippen LogP contribution < -0.4 is 5.73 Å². The minimum Gasteiger partial charge on any atom is -0.329 e. The van der Waals surface area contributed by atoms with Crippen LogP contribution in [0.5, 0.6) is 0 Å². The standard InChI is InChI=1S/C14H21N3/c1-10(2)17-12-8-6-5-7-11(12)16-13(17)14(3,4)9-15/h5-8,10H,9,15H2,1-4H3. The van der Waals surface area contributed by atoms with Crippen LogP contribution in [0, 0.1) is 0 Å². The molecular formula is C14H21N3. The highest BCUT2D eigenvalue weighted by molar-refractivity contribution is 5.76. The summed E-state index contributed by atoms with van der Waals surface area (Å²) in [5, 5.41) is 0. The van der Waals surface area contributed by atoms with Crippen molar-refractivity contribution in [3.8, 4) is 0 Å². The monoisotopic (exact) mass is 231 g/mol. The Morgan fingerprint density at radius 3 is 2.53 bits per heavy atom. The minimum atomic E-state index is -0.0940. The summed E-state index contributed by atoms with van der Waals surface area (Å²) in [5.41, 5.74) is 8.03. The molecule has 0 amide bonds. The van der Waals surface area contributed by atoms with Crippen LogP contribution in [0.1, 0.15) is 39.6 Å². The van der Waals surface area contributed by atoms with Crippen LogP contribution in [-0.2, 0) is 5.41 Å². The molecule has 0 radical (unpaired) electrons. The summed E-state index contributed by atoms with van der Waals surface area (Å²) >= 11 is 0. The molecule has 0 aliphatic heterocycles. The van der Waals surface area contributed by atoms with E-state index < -0.39 is 0 Å². The van der Waals surface area contributed by atoms with Gasteiger partial charge in [-0.25, -0.2) is 4.98 Å². The van der Waals surface area contributed by atoms with Crippen molar-refractivity contribution in [3.05, 3.63) is 30.1 Å². The lowest BCUT2D eigenvalue weighted by Gasteiger charge is -2.25. The van der Waals surface area contributed by atoms with E-state index >= 15 is 0 Å². The Kier molecular flexibility index (Phi) is 2.96. The third-order valence-electron chi connectivity index (χ3n) is 3.23.